The molecule has 5 heteroatoms. The molecule has 1 heterocycles. The van der Waals surface area contributed by atoms with Crippen molar-refractivity contribution in [1.29, 1.82) is 0 Å². The Morgan fingerprint density at radius 2 is 2.35 bits per heavy atom. The lowest BCUT2D eigenvalue weighted by Gasteiger charge is -2.23. The van der Waals surface area contributed by atoms with Crippen molar-refractivity contribution in [2.24, 2.45) is 0 Å². The van der Waals surface area contributed by atoms with Gasteiger partial charge in [0.25, 0.3) is 5.91 Å². The molecule has 2 rings (SSSR count). The second kappa shape index (κ2) is 4.94. The molecule has 0 bridgehead atoms. The zero-order valence-electron chi connectivity index (χ0n) is 9.52. The molecule has 1 aromatic carbocycles. The van der Waals surface area contributed by atoms with Crippen molar-refractivity contribution in [3.8, 4) is 5.75 Å². The summed E-state index contributed by atoms with van der Waals surface area (Å²) in [6, 6.07) is 4.57. The number of ether oxygens (including phenoxy) is 1. The molecule has 1 aromatic rings. The smallest absolute Gasteiger partial charge is 0.257 e. The highest BCUT2D eigenvalue weighted by Gasteiger charge is 2.26. The summed E-state index contributed by atoms with van der Waals surface area (Å²) in [7, 11) is 1.72. The molecular formula is C12H14ClNO3. The fraction of sp³-hybridized carbons (Fsp3) is 0.417. The molecule has 1 atom stereocenters. The third-order valence-corrected chi connectivity index (χ3v) is 3.20. The second-order valence-corrected chi connectivity index (χ2v) is 4.53. The van der Waals surface area contributed by atoms with Crippen LogP contribution in [0.5, 0.6) is 5.75 Å². The van der Waals surface area contributed by atoms with Crippen molar-refractivity contribution in [2.75, 3.05) is 20.3 Å². The summed E-state index contributed by atoms with van der Waals surface area (Å²) >= 11 is 5.72. The number of hydrogen-bond donors (Lipinski definition) is 1. The van der Waals surface area contributed by atoms with E-state index in [1.807, 2.05) is 0 Å². The Morgan fingerprint density at radius 1 is 1.59 bits per heavy atom. The molecule has 0 aliphatic carbocycles. The number of hydrogen-bond acceptors (Lipinski definition) is 3. The first-order valence-electron chi connectivity index (χ1n) is 5.43. The Bertz CT molecular complexity index is 430. The quantitative estimate of drug-likeness (QED) is 0.878. The molecule has 0 aromatic heterocycles. The van der Waals surface area contributed by atoms with Gasteiger partial charge >= 0.3 is 0 Å². The third kappa shape index (κ3) is 2.53. The van der Waals surface area contributed by atoms with Crippen LogP contribution in [0.25, 0.3) is 0 Å². The van der Waals surface area contributed by atoms with E-state index in [4.69, 9.17) is 16.3 Å². The average Bonchev–Trinajstić information content (AvgIpc) is 2.80. The first kappa shape index (κ1) is 12.2. The van der Waals surface area contributed by atoms with Crippen LogP contribution in [-0.2, 0) is 4.74 Å². The van der Waals surface area contributed by atoms with E-state index in [1.54, 1.807) is 18.0 Å². The van der Waals surface area contributed by atoms with E-state index in [0.29, 0.717) is 18.2 Å². The number of carbonyl (C=O) groups is 1. The highest BCUT2D eigenvalue weighted by atomic mass is 35.5. The van der Waals surface area contributed by atoms with Crippen molar-refractivity contribution in [3.63, 3.8) is 0 Å². The van der Waals surface area contributed by atoms with Crippen molar-refractivity contribution in [2.45, 2.75) is 12.5 Å². The number of likely N-dealkylation sites (N-methyl/N-ethyl adjacent to an activating group) is 1. The summed E-state index contributed by atoms with van der Waals surface area (Å²) in [5.74, 6) is -0.303. The molecule has 92 valence electrons. The van der Waals surface area contributed by atoms with Gasteiger partial charge in [0.2, 0.25) is 0 Å². The van der Waals surface area contributed by atoms with E-state index in [2.05, 4.69) is 0 Å². The first-order chi connectivity index (χ1) is 8.09. The van der Waals surface area contributed by atoms with Gasteiger partial charge in [-0.1, -0.05) is 11.6 Å². The van der Waals surface area contributed by atoms with Crippen molar-refractivity contribution in [3.05, 3.63) is 28.8 Å². The Hall–Kier alpha value is -1.26. The normalized spacial score (nSPS) is 19.3. The van der Waals surface area contributed by atoms with Gasteiger partial charge in [-0.2, -0.15) is 0 Å². The van der Waals surface area contributed by atoms with Crippen LogP contribution in [0.15, 0.2) is 18.2 Å². The van der Waals surface area contributed by atoms with Gasteiger partial charge in [-0.25, -0.2) is 0 Å². The van der Waals surface area contributed by atoms with Crippen molar-refractivity contribution < 1.29 is 14.6 Å². The fourth-order valence-electron chi connectivity index (χ4n) is 1.87. The molecule has 1 saturated heterocycles. The lowest BCUT2D eigenvalue weighted by atomic mass is 10.1. The molecule has 1 fully saturated rings. The monoisotopic (exact) mass is 255 g/mol. The average molecular weight is 256 g/mol. The Morgan fingerprint density at radius 3 is 2.94 bits per heavy atom. The maximum Gasteiger partial charge on any atom is 0.257 e. The van der Waals surface area contributed by atoms with E-state index >= 15 is 0 Å². The van der Waals surface area contributed by atoms with Crippen molar-refractivity contribution in [1.82, 2.24) is 4.90 Å². The number of rotatable bonds is 2. The molecule has 0 spiro atoms. The summed E-state index contributed by atoms with van der Waals surface area (Å²) in [5, 5.41) is 10.1. The molecule has 0 radical (unpaired) electrons. The van der Waals surface area contributed by atoms with E-state index < -0.39 is 0 Å². The first-order valence-corrected chi connectivity index (χ1v) is 5.81. The van der Waals surface area contributed by atoms with E-state index in [1.165, 1.54) is 12.1 Å². The Kier molecular flexibility index (Phi) is 3.54. The molecular weight excluding hydrogens is 242 g/mol. The standard InChI is InChI=1S/C12H14ClNO3/c1-14(9-4-5-17-7-9)12(16)10-3-2-8(13)6-11(10)15/h2-3,6,9,15H,4-5,7H2,1H3. The highest BCUT2D eigenvalue weighted by molar-refractivity contribution is 6.30. The number of phenols is 1. The van der Waals surface area contributed by atoms with Crippen LogP contribution in [0.1, 0.15) is 16.8 Å². The predicted octanol–water partition coefficient (Wildman–Crippen LogP) is 1.91. The Balaban J connectivity index is 2.18. The maximum absolute atomic E-state index is 12.1. The summed E-state index contributed by atoms with van der Waals surface area (Å²) in [6.45, 7) is 1.23. The number of nitrogens with zero attached hydrogens (tertiary/aromatic N) is 1. The number of aromatic hydroxyl groups is 1. The predicted molar refractivity (Wildman–Crippen MR) is 64.4 cm³/mol. The minimum Gasteiger partial charge on any atom is -0.507 e. The molecule has 1 aliphatic heterocycles. The largest absolute Gasteiger partial charge is 0.507 e. The minimum absolute atomic E-state index is 0.0811. The van der Waals surface area contributed by atoms with Gasteiger partial charge in [-0.05, 0) is 24.6 Å². The number of amides is 1. The molecule has 1 N–H and O–H groups in total. The minimum atomic E-state index is -0.213. The lowest BCUT2D eigenvalue weighted by Crippen LogP contribution is -2.37. The van der Waals surface area contributed by atoms with Crippen LogP contribution in [0.3, 0.4) is 0 Å². The second-order valence-electron chi connectivity index (χ2n) is 4.09. The van der Waals surface area contributed by atoms with Gasteiger partial charge in [0, 0.05) is 18.7 Å². The maximum atomic E-state index is 12.1. The lowest BCUT2D eigenvalue weighted by molar-refractivity contribution is 0.0708. The van der Waals surface area contributed by atoms with Gasteiger partial charge in [-0.15, -0.1) is 0 Å². The van der Waals surface area contributed by atoms with Gasteiger partial charge in [0.1, 0.15) is 5.75 Å². The van der Waals surface area contributed by atoms with Crippen LogP contribution in [-0.4, -0.2) is 42.2 Å². The van der Waals surface area contributed by atoms with E-state index in [9.17, 15) is 9.90 Å². The summed E-state index contributed by atoms with van der Waals surface area (Å²) in [4.78, 5) is 13.7. The Labute approximate surface area is 105 Å². The zero-order valence-corrected chi connectivity index (χ0v) is 10.3. The SMILES string of the molecule is CN(C(=O)c1ccc(Cl)cc1O)C1CCOC1. The zero-order chi connectivity index (χ0) is 12.4. The number of benzene rings is 1. The number of phenolic OH excluding ortho intramolecular Hbond substituents is 1. The van der Waals surface area contributed by atoms with Crippen LogP contribution >= 0.6 is 11.6 Å². The van der Waals surface area contributed by atoms with Gasteiger partial charge in [0.15, 0.2) is 0 Å². The topological polar surface area (TPSA) is 49.8 Å². The van der Waals surface area contributed by atoms with Gasteiger partial charge in [0.05, 0.1) is 18.2 Å². The van der Waals surface area contributed by atoms with E-state index in [-0.39, 0.29) is 23.3 Å². The number of halogens is 1. The molecule has 1 aliphatic rings. The molecule has 0 saturated carbocycles. The summed E-state index contributed by atoms with van der Waals surface area (Å²) in [5.41, 5.74) is 0.267. The highest BCUT2D eigenvalue weighted by Crippen LogP contribution is 2.24. The fourth-order valence-corrected chi connectivity index (χ4v) is 2.04. The molecule has 1 amide bonds. The van der Waals surface area contributed by atoms with Gasteiger partial charge < -0.3 is 14.7 Å². The molecule has 1 unspecified atom stereocenters. The van der Waals surface area contributed by atoms with Gasteiger partial charge in [-0.3, -0.25) is 4.79 Å². The van der Waals surface area contributed by atoms with Crippen LogP contribution < -0.4 is 0 Å². The third-order valence-electron chi connectivity index (χ3n) is 2.96. The van der Waals surface area contributed by atoms with Crippen LogP contribution in [0.4, 0.5) is 0 Å². The summed E-state index contributed by atoms with van der Waals surface area (Å²) in [6.07, 6.45) is 0.830. The van der Waals surface area contributed by atoms with Crippen LogP contribution in [0, 0.1) is 0 Å². The number of carbonyl (C=O) groups excluding carboxylic acids is 1. The molecule has 4 nitrogen and oxygen atoms in total. The van der Waals surface area contributed by atoms with Crippen LogP contribution in [0.2, 0.25) is 5.02 Å². The molecule has 17 heavy (non-hydrogen) atoms. The van der Waals surface area contributed by atoms with Crippen molar-refractivity contribution >= 4 is 17.5 Å². The summed E-state index contributed by atoms with van der Waals surface area (Å²) < 4.78 is 5.24. The van der Waals surface area contributed by atoms with E-state index in [0.717, 1.165) is 6.42 Å².